The number of ether oxygens (including phenoxy) is 1. The summed E-state index contributed by atoms with van der Waals surface area (Å²) in [5.74, 6) is 0.860. The number of fused-ring (bicyclic) bond motifs is 1. The molecule has 0 aliphatic rings. The second-order valence-electron chi connectivity index (χ2n) is 7.04. The third-order valence-corrected chi connectivity index (χ3v) is 4.29. The molecule has 7 nitrogen and oxygen atoms in total. The number of aromatic nitrogens is 4. The Kier molecular flexibility index (Phi) is 4.71. The molecule has 0 N–H and O–H groups in total. The van der Waals surface area contributed by atoms with Gasteiger partial charge < -0.3 is 9.30 Å². The zero-order valence-corrected chi connectivity index (χ0v) is 15.8. The van der Waals surface area contributed by atoms with E-state index in [2.05, 4.69) is 4.98 Å². The van der Waals surface area contributed by atoms with Crippen LogP contribution in [0.15, 0.2) is 40.2 Å². The van der Waals surface area contributed by atoms with Crippen molar-refractivity contribution in [2.45, 2.75) is 40.3 Å². The van der Waals surface area contributed by atoms with Crippen molar-refractivity contribution in [1.82, 2.24) is 18.7 Å². The smallest absolute Gasteiger partial charge is 0.337 e. The lowest BCUT2D eigenvalue weighted by atomic mass is 10.2. The van der Waals surface area contributed by atoms with Crippen LogP contribution in [0.2, 0.25) is 0 Å². The van der Waals surface area contributed by atoms with E-state index in [0.29, 0.717) is 29.1 Å². The lowest BCUT2D eigenvalue weighted by molar-refractivity contribution is 0.414. The molecule has 0 radical (unpaired) electrons. The van der Waals surface area contributed by atoms with Crippen LogP contribution in [-0.2, 0) is 6.54 Å². The number of hydrogen-bond acceptors (Lipinski definition) is 4. The summed E-state index contributed by atoms with van der Waals surface area (Å²) < 4.78 is 9.81. The van der Waals surface area contributed by atoms with Crippen LogP contribution < -0.4 is 16.0 Å². The van der Waals surface area contributed by atoms with E-state index < -0.39 is 0 Å². The van der Waals surface area contributed by atoms with Crippen LogP contribution in [0.5, 0.6) is 5.75 Å². The molecule has 3 rings (SSSR count). The van der Waals surface area contributed by atoms with Crippen LogP contribution in [0.1, 0.15) is 33.7 Å². The summed E-state index contributed by atoms with van der Waals surface area (Å²) in [7, 11) is 1.59. The molecule has 2 aromatic heterocycles. The van der Waals surface area contributed by atoms with Crippen molar-refractivity contribution in [1.29, 1.82) is 0 Å². The maximum absolute atomic E-state index is 13.1. The summed E-state index contributed by atoms with van der Waals surface area (Å²) >= 11 is 0. The topological polar surface area (TPSA) is 71.1 Å². The quantitative estimate of drug-likeness (QED) is 0.704. The second kappa shape index (κ2) is 6.82. The number of benzene rings is 1. The molecule has 0 aliphatic heterocycles. The molecule has 2 heterocycles. The minimum Gasteiger partial charge on any atom is -0.497 e. The monoisotopic (exact) mass is 356 g/mol. The van der Waals surface area contributed by atoms with Crippen molar-refractivity contribution in [3.8, 4) is 11.4 Å². The average molecular weight is 356 g/mol. The molecule has 0 saturated carbocycles. The average Bonchev–Trinajstić information content (AvgIpc) is 3.04. The van der Waals surface area contributed by atoms with Crippen molar-refractivity contribution < 1.29 is 4.74 Å². The van der Waals surface area contributed by atoms with Gasteiger partial charge in [-0.2, -0.15) is 0 Å². The predicted octanol–water partition coefficient (Wildman–Crippen LogP) is 2.59. The fourth-order valence-electron chi connectivity index (χ4n) is 3.03. The number of imidazole rings is 1. The maximum atomic E-state index is 13.1. The van der Waals surface area contributed by atoms with Gasteiger partial charge in [-0.15, -0.1) is 0 Å². The molecular weight excluding hydrogens is 332 g/mol. The SMILES string of the molecule is COc1ccc(-n2c(=O)n(CC(C)C)c(=O)c3c2ncn3C(C)C)cc1. The standard InChI is InChI=1S/C19H24N4O3/c1-12(2)10-21-18(24)16-17(20-11-22(16)13(3)4)23(19(21)25)14-6-8-15(26-5)9-7-14/h6-9,11-13H,10H2,1-5H3. The number of methoxy groups -OCH3 is 1. The molecule has 0 aliphatic carbocycles. The molecule has 7 heteroatoms. The number of hydrogen-bond donors (Lipinski definition) is 0. The van der Waals surface area contributed by atoms with Crippen molar-refractivity contribution >= 4 is 11.2 Å². The zero-order valence-electron chi connectivity index (χ0n) is 15.8. The molecule has 0 amide bonds. The Bertz CT molecular complexity index is 1040. The fraction of sp³-hybridized carbons (Fsp3) is 0.421. The summed E-state index contributed by atoms with van der Waals surface area (Å²) in [6, 6.07) is 7.20. The first kappa shape index (κ1) is 18.0. The normalized spacial score (nSPS) is 11.7. The molecule has 138 valence electrons. The summed E-state index contributed by atoms with van der Waals surface area (Å²) in [6.45, 7) is 8.28. The van der Waals surface area contributed by atoms with Gasteiger partial charge in [0.1, 0.15) is 5.75 Å². The Morgan fingerprint density at radius 3 is 2.27 bits per heavy atom. The molecule has 0 spiro atoms. The third kappa shape index (κ3) is 2.94. The van der Waals surface area contributed by atoms with E-state index in [0.717, 1.165) is 0 Å². The van der Waals surface area contributed by atoms with Crippen molar-refractivity contribution in [2.75, 3.05) is 7.11 Å². The van der Waals surface area contributed by atoms with Gasteiger partial charge in [-0.05, 0) is 44.0 Å². The van der Waals surface area contributed by atoms with Gasteiger partial charge >= 0.3 is 5.69 Å². The highest BCUT2D eigenvalue weighted by molar-refractivity contribution is 5.72. The highest BCUT2D eigenvalue weighted by atomic mass is 16.5. The van der Waals surface area contributed by atoms with Gasteiger partial charge in [-0.25, -0.2) is 14.3 Å². The van der Waals surface area contributed by atoms with Gasteiger partial charge in [0.25, 0.3) is 5.56 Å². The Labute approximate surface area is 151 Å². The van der Waals surface area contributed by atoms with Crippen molar-refractivity contribution in [3.05, 3.63) is 51.4 Å². The molecule has 0 fully saturated rings. The lowest BCUT2D eigenvalue weighted by Crippen LogP contribution is -2.41. The molecule has 3 aromatic rings. The number of rotatable bonds is 5. The Morgan fingerprint density at radius 1 is 1.08 bits per heavy atom. The van der Waals surface area contributed by atoms with Crippen LogP contribution >= 0.6 is 0 Å². The van der Waals surface area contributed by atoms with Crippen molar-refractivity contribution in [3.63, 3.8) is 0 Å². The molecule has 1 aromatic carbocycles. The van der Waals surface area contributed by atoms with Gasteiger partial charge in [0.05, 0.1) is 19.1 Å². The van der Waals surface area contributed by atoms with Crippen LogP contribution in [0.25, 0.3) is 16.9 Å². The molecule has 0 unspecified atom stereocenters. The van der Waals surface area contributed by atoms with E-state index >= 15 is 0 Å². The first-order valence-corrected chi connectivity index (χ1v) is 8.72. The van der Waals surface area contributed by atoms with Crippen LogP contribution in [-0.4, -0.2) is 25.8 Å². The van der Waals surface area contributed by atoms with Crippen molar-refractivity contribution in [2.24, 2.45) is 5.92 Å². The van der Waals surface area contributed by atoms with E-state index in [4.69, 9.17) is 4.74 Å². The second-order valence-corrected chi connectivity index (χ2v) is 7.04. The molecule has 0 atom stereocenters. The summed E-state index contributed by atoms with van der Waals surface area (Å²) in [6.07, 6.45) is 1.62. The number of nitrogens with zero attached hydrogens (tertiary/aromatic N) is 4. The maximum Gasteiger partial charge on any atom is 0.337 e. The molecular formula is C19H24N4O3. The highest BCUT2D eigenvalue weighted by Gasteiger charge is 2.20. The lowest BCUT2D eigenvalue weighted by Gasteiger charge is -2.15. The Balaban J connectivity index is 2.40. The first-order chi connectivity index (χ1) is 12.3. The van der Waals surface area contributed by atoms with Gasteiger partial charge in [0.2, 0.25) is 0 Å². The van der Waals surface area contributed by atoms with Gasteiger partial charge in [-0.1, -0.05) is 13.8 Å². The van der Waals surface area contributed by atoms with E-state index in [1.165, 1.54) is 9.13 Å². The minimum atomic E-state index is -0.379. The van der Waals surface area contributed by atoms with Crippen LogP contribution in [0.4, 0.5) is 0 Å². The van der Waals surface area contributed by atoms with Crippen LogP contribution in [0, 0.1) is 5.92 Å². The van der Waals surface area contributed by atoms with Gasteiger partial charge in [-0.3, -0.25) is 9.36 Å². The van der Waals surface area contributed by atoms with E-state index in [1.54, 1.807) is 37.7 Å². The molecule has 26 heavy (non-hydrogen) atoms. The summed E-state index contributed by atoms with van der Waals surface area (Å²) in [4.78, 5) is 30.5. The predicted molar refractivity (Wildman–Crippen MR) is 101 cm³/mol. The van der Waals surface area contributed by atoms with Crippen LogP contribution in [0.3, 0.4) is 0 Å². The minimum absolute atomic E-state index is 0.0574. The summed E-state index contributed by atoms with van der Waals surface area (Å²) in [5, 5.41) is 0. The Morgan fingerprint density at radius 2 is 1.73 bits per heavy atom. The van der Waals surface area contributed by atoms with E-state index in [-0.39, 0.29) is 23.2 Å². The summed E-state index contributed by atoms with van der Waals surface area (Å²) in [5.41, 5.74) is 0.785. The Hall–Kier alpha value is -2.83. The molecule has 0 bridgehead atoms. The van der Waals surface area contributed by atoms with E-state index in [1.807, 2.05) is 32.3 Å². The third-order valence-electron chi connectivity index (χ3n) is 4.29. The largest absolute Gasteiger partial charge is 0.497 e. The highest BCUT2D eigenvalue weighted by Crippen LogP contribution is 2.19. The fourth-order valence-corrected chi connectivity index (χ4v) is 3.03. The van der Waals surface area contributed by atoms with E-state index in [9.17, 15) is 9.59 Å². The van der Waals surface area contributed by atoms with Gasteiger partial charge in [0.15, 0.2) is 11.2 Å². The van der Waals surface area contributed by atoms with Gasteiger partial charge in [0, 0.05) is 12.6 Å². The zero-order chi connectivity index (χ0) is 19.0. The molecule has 0 saturated heterocycles. The first-order valence-electron chi connectivity index (χ1n) is 8.72.